The van der Waals surface area contributed by atoms with Gasteiger partial charge in [-0.2, -0.15) is 5.10 Å². The summed E-state index contributed by atoms with van der Waals surface area (Å²) in [6, 6.07) is 13.7. The van der Waals surface area contributed by atoms with E-state index in [0.29, 0.717) is 21.6 Å². The number of aromatic nitrogens is 1. The molecule has 0 atom stereocenters. The maximum absolute atomic E-state index is 11.8. The average molecular weight is 360 g/mol. The van der Waals surface area contributed by atoms with Crippen molar-refractivity contribution in [2.75, 3.05) is 0 Å². The van der Waals surface area contributed by atoms with E-state index in [1.54, 1.807) is 48.5 Å². The summed E-state index contributed by atoms with van der Waals surface area (Å²) in [6.45, 7) is 0. The normalized spacial score (nSPS) is 10.9. The molecule has 0 radical (unpaired) electrons. The number of benzene rings is 1. The van der Waals surface area contributed by atoms with E-state index in [4.69, 9.17) is 27.6 Å². The van der Waals surface area contributed by atoms with E-state index in [0.717, 1.165) is 5.56 Å². The van der Waals surface area contributed by atoms with E-state index >= 15 is 0 Å². The molecule has 3 rings (SSSR count). The highest BCUT2D eigenvalue weighted by molar-refractivity contribution is 6.36. The number of pyridine rings is 1. The van der Waals surface area contributed by atoms with Gasteiger partial charge < -0.3 is 4.42 Å². The second-order valence-electron chi connectivity index (χ2n) is 4.74. The van der Waals surface area contributed by atoms with Gasteiger partial charge in [0.25, 0.3) is 5.91 Å². The third-order valence-corrected chi connectivity index (χ3v) is 3.63. The smallest absolute Gasteiger partial charge is 0.289 e. The lowest BCUT2D eigenvalue weighted by Gasteiger charge is -2.00. The molecule has 2 aromatic heterocycles. The lowest BCUT2D eigenvalue weighted by Crippen LogP contribution is -2.18. The Labute approximate surface area is 147 Å². The molecular formula is C17H11Cl2N3O2. The van der Waals surface area contributed by atoms with Crippen LogP contribution in [0.15, 0.2) is 64.2 Å². The van der Waals surface area contributed by atoms with Crippen molar-refractivity contribution in [3.8, 4) is 11.3 Å². The molecule has 2 heterocycles. The van der Waals surface area contributed by atoms with Crippen molar-refractivity contribution in [2.45, 2.75) is 0 Å². The van der Waals surface area contributed by atoms with Crippen LogP contribution in [0.2, 0.25) is 10.0 Å². The fourth-order valence-corrected chi connectivity index (χ4v) is 2.47. The van der Waals surface area contributed by atoms with E-state index in [-0.39, 0.29) is 5.69 Å². The molecule has 3 aromatic rings. The van der Waals surface area contributed by atoms with Crippen molar-refractivity contribution in [2.24, 2.45) is 5.10 Å². The number of hydrazone groups is 1. The molecule has 0 fully saturated rings. The topological polar surface area (TPSA) is 67.5 Å². The van der Waals surface area contributed by atoms with Gasteiger partial charge in [-0.3, -0.25) is 9.78 Å². The molecule has 7 heteroatoms. The first-order chi connectivity index (χ1) is 11.6. The van der Waals surface area contributed by atoms with Crippen LogP contribution in [0.25, 0.3) is 11.3 Å². The van der Waals surface area contributed by atoms with Crippen molar-refractivity contribution in [1.82, 2.24) is 10.4 Å². The van der Waals surface area contributed by atoms with Crippen LogP contribution in [0.5, 0.6) is 0 Å². The number of hydrogen-bond donors (Lipinski definition) is 1. The molecule has 0 bridgehead atoms. The second kappa shape index (κ2) is 7.29. The number of furan rings is 1. The summed E-state index contributed by atoms with van der Waals surface area (Å²) in [5.74, 6) is 0.644. The van der Waals surface area contributed by atoms with Gasteiger partial charge in [0.2, 0.25) is 0 Å². The molecule has 0 aliphatic heterocycles. The number of rotatable bonds is 4. The summed E-state index contributed by atoms with van der Waals surface area (Å²) < 4.78 is 5.63. The maximum Gasteiger partial charge on any atom is 0.289 e. The van der Waals surface area contributed by atoms with E-state index in [9.17, 15) is 4.79 Å². The van der Waals surface area contributed by atoms with Gasteiger partial charge in [0, 0.05) is 16.8 Å². The highest BCUT2D eigenvalue weighted by Crippen LogP contribution is 2.31. The SMILES string of the molecule is O=C(NN=Cc1ccc(-c2ccc(Cl)cc2Cl)o1)c1ccccn1. The molecule has 0 spiro atoms. The largest absolute Gasteiger partial charge is 0.455 e. The molecule has 0 aliphatic rings. The zero-order chi connectivity index (χ0) is 16.9. The Kier molecular flexibility index (Phi) is 4.93. The molecule has 0 aliphatic carbocycles. The molecule has 1 N–H and O–H groups in total. The predicted molar refractivity (Wildman–Crippen MR) is 93.5 cm³/mol. The summed E-state index contributed by atoms with van der Waals surface area (Å²) in [7, 11) is 0. The highest BCUT2D eigenvalue weighted by Gasteiger charge is 2.09. The first-order valence-corrected chi connectivity index (χ1v) is 7.69. The lowest BCUT2D eigenvalue weighted by atomic mass is 10.2. The number of nitrogens with zero attached hydrogens (tertiary/aromatic N) is 2. The molecule has 1 amide bonds. The number of carbonyl (C=O) groups is 1. The van der Waals surface area contributed by atoms with Crippen LogP contribution < -0.4 is 5.43 Å². The van der Waals surface area contributed by atoms with Crippen LogP contribution >= 0.6 is 23.2 Å². The number of amides is 1. The number of halogens is 2. The number of carbonyl (C=O) groups excluding carboxylic acids is 1. The number of nitrogens with one attached hydrogen (secondary N) is 1. The maximum atomic E-state index is 11.8. The first kappa shape index (κ1) is 16.2. The molecule has 24 heavy (non-hydrogen) atoms. The van der Waals surface area contributed by atoms with E-state index in [1.807, 2.05) is 0 Å². The minimum Gasteiger partial charge on any atom is -0.455 e. The minimum atomic E-state index is -0.403. The molecule has 5 nitrogen and oxygen atoms in total. The van der Waals surface area contributed by atoms with Crippen LogP contribution in [0.3, 0.4) is 0 Å². The van der Waals surface area contributed by atoms with Crippen molar-refractivity contribution in [3.63, 3.8) is 0 Å². The van der Waals surface area contributed by atoms with Crippen molar-refractivity contribution >= 4 is 35.3 Å². The molecule has 0 saturated carbocycles. The average Bonchev–Trinajstić information content (AvgIpc) is 3.04. The van der Waals surface area contributed by atoms with Gasteiger partial charge in [0.05, 0.1) is 11.2 Å². The van der Waals surface area contributed by atoms with E-state index in [1.165, 1.54) is 12.4 Å². The Morgan fingerprint density at radius 2 is 2.04 bits per heavy atom. The molecule has 120 valence electrons. The Morgan fingerprint density at radius 3 is 2.79 bits per heavy atom. The lowest BCUT2D eigenvalue weighted by molar-refractivity contribution is 0.0950. The van der Waals surface area contributed by atoms with Crippen LogP contribution in [0.1, 0.15) is 16.2 Å². The molecule has 0 saturated heterocycles. The minimum absolute atomic E-state index is 0.280. The number of hydrogen-bond acceptors (Lipinski definition) is 4. The fraction of sp³-hybridized carbons (Fsp3) is 0. The van der Waals surface area contributed by atoms with Crippen molar-refractivity contribution < 1.29 is 9.21 Å². The van der Waals surface area contributed by atoms with Crippen molar-refractivity contribution in [3.05, 3.63) is 76.2 Å². The second-order valence-corrected chi connectivity index (χ2v) is 5.58. The monoisotopic (exact) mass is 359 g/mol. The molecule has 0 unspecified atom stereocenters. The third-order valence-electron chi connectivity index (χ3n) is 3.08. The first-order valence-electron chi connectivity index (χ1n) is 6.93. The third kappa shape index (κ3) is 3.82. The standard InChI is InChI=1S/C17H11Cl2N3O2/c18-11-4-6-13(14(19)9-11)16-7-5-12(24-16)10-21-22-17(23)15-3-1-2-8-20-15/h1-10H,(H,22,23). The zero-order valence-corrected chi connectivity index (χ0v) is 13.8. The Bertz CT molecular complexity index is 892. The summed E-state index contributed by atoms with van der Waals surface area (Å²) in [5, 5.41) is 4.89. The van der Waals surface area contributed by atoms with Crippen molar-refractivity contribution in [1.29, 1.82) is 0 Å². The Balaban J connectivity index is 1.69. The van der Waals surface area contributed by atoms with E-state index < -0.39 is 5.91 Å². The predicted octanol–water partition coefficient (Wildman–Crippen LogP) is 4.41. The molecular weight excluding hydrogens is 349 g/mol. The van der Waals surface area contributed by atoms with Gasteiger partial charge in [-0.25, -0.2) is 5.43 Å². The van der Waals surface area contributed by atoms with Gasteiger partial charge in [0.1, 0.15) is 17.2 Å². The van der Waals surface area contributed by atoms with Gasteiger partial charge in [-0.1, -0.05) is 29.3 Å². The van der Waals surface area contributed by atoms with Crippen LogP contribution in [0.4, 0.5) is 0 Å². The summed E-state index contributed by atoms with van der Waals surface area (Å²) in [4.78, 5) is 15.7. The Hall–Kier alpha value is -2.63. The quantitative estimate of drug-likeness (QED) is 0.554. The van der Waals surface area contributed by atoms with Gasteiger partial charge in [-0.15, -0.1) is 0 Å². The zero-order valence-electron chi connectivity index (χ0n) is 12.2. The summed E-state index contributed by atoms with van der Waals surface area (Å²) in [5.41, 5.74) is 3.38. The van der Waals surface area contributed by atoms with Crippen LogP contribution in [-0.4, -0.2) is 17.1 Å². The summed E-state index contributed by atoms with van der Waals surface area (Å²) >= 11 is 12.0. The van der Waals surface area contributed by atoms with Gasteiger partial charge in [0.15, 0.2) is 0 Å². The Morgan fingerprint density at radius 1 is 1.17 bits per heavy atom. The summed E-state index contributed by atoms with van der Waals surface area (Å²) in [6.07, 6.45) is 2.93. The highest BCUT2D eigenvalue weighted by atomic mass is 35.5. The molecule has 1 aromatic carbocycles. The van der Waals surface area contributed by atoms with Gasteiger partial charge in [-0.05, 0) is 42.5 Å². The fourth-order valence-electron chi connectivity index (χ4n) is 1.97. The van der Waals surface area contributed by atoms with E-state index in [2.05, 4.69) is 15.5 Å². The van der Waals surface area contributed by atoms with Crippen LogP contribution in [0, 0.1) is 0 Å². The van der Waals surface area contributed by atoms with Crippen LogP contribution in [-0.2, 0) is 0 Å². The van der Waals surface area contributed by atoms with Gasteiger partial charge >= 0.3 is 0 Å².